The average molecular weight is 385 g/mol. The summed E-state index contributed by atoms with van der Waals surface area (Å²) >= 11 is 5.34. The molecule has 142 valence electrons. The first-order valence-electron chi connectivity index (χ1n) is 8.71. The number of hydrogen-bond acceptors (Lipinski definition) is 5. The number of hydrazone groups is 1. The highest BCUT2D eigenvalue weighted by molar-refractivity contribution is 7.80. The van der Waals surface area contributed by atoms with Crippen molar-refractivity contribution < 1.29 is 14.6 Å². The molecule has 0 bridgehead atoms. The number of rotatable bonds is 4. The first kappa shape index (κ1) is 19.0. The van der Waals surface area contributed by atoms with Gasteiger partial charge in [-0.2, -0.15) is 5.10 Å². The van der Waals surface area contributed by atoms with Gasteiger partial charge in [-0.1, -0.05) is 6.07 Å². The maximum Gasteiger partial charge on any atom is 0.191 e. The molecule has 0 radical (unpaired) electrons. The summed E-state index contributed by atoms with van der Waals surface area (Å²) in [5, 5.41) is 18.1. The Kier molecular flexibility index (Phi) is 5.81. The first-order chi connectivity index (χ1) is 13.0. The number of anilines is 1. The van der Waals surface area contributed by atoms with Crippen molar-refractivity contribution in [3.8, 4) is 17.2 Å². The number of ether oxygens (including phenoxy) is 2. The van der Waals surface area contributed by atoms with Crippen LogP contribution in [0, 0.1) is 6.92 Å². The second-order valence-electron chi connectivity index (χ2n) is 6.30. The SMILES string of the molecule is COc1ccc(NC(=S)N/N=C2\CCCc3c(C)ccc(O)c32)cc1OC. The number of methoxy groups -OCH3 is 2. The van der Waals surface area contributed by atoms with E-state index in [2.05, 4.69) is 22.8 Å². The van der Waals surface area contributed by atoms with E-state index in [0.717, 1.165) is 41.8 Å². The second kappa shape index (κ2) is 8.26. The summed E-state index contributed by atoms with van der Waals surface area (Å²) in [5.41, 5.74) is 7.59. The van der Waals surface area contributed by atoms with Crippen LogP contribution in [0.5, 0.6) is 17.2 Å². The van der Waals surface area contributed by atoms with E-state index in [1.807, 2.05) is 12.1 Å². The van der Waals surface area contributed by atoms with Gasteiger partial charge in [0.05, 0.1) is 19.9 Å². The minimum atomic E-state index is 0.259. The van der Waals surface area contributed by atoms with Crippen LogP contribution in [-0.4, -0.2) is 30.2 Å². The van der Waals surface area contributed by atoms with Crippen LogP contribution in [0.4, 0.5) is 5.69 Å². The number of fused-ring (bicyclic) bond motifs is 1. The van der Waals surface area contributed by atoms with Crippen LogP contribution in [0.3, 0.4) is 0 Å². The largest absolute Gasteiger partial charge is 0.507 e. The summed E-state index contributed by atoms with van der Waals surface area (Å²) in [6.07, 6.45) is 2.73. The molecule has 27 heavy (non-hydrogen) atoms. The lowest BCUT2D eigenvalue weighted by Crippen LogP contribution is -2.26. The van der Waals surface area contributed by atoms with Gasteiger partial charge in [0.2, 0.25) is 0 Å². The zero-order valence-electron chi connectivity index (χ0n) is 15.6. The van der Waals surface area contributed by atoms with Crippen molar-refractivity contribution in [1.82, 2.24) is 5.43 Å². The van der Waals surface area contributed by atoms with Crippen molar-refractivity contribution in [2.24, 2.45) is 5.10 Å². The molecule has 0 aromatic heterocycles. The van der Waals surface area contributed by atoms with Crippen LogP contribution >= 0.6 is 12.2 Å². The van der Waals surface area contributed by atoms with Gasteiger partial charge in [0, 0.05) is 17.3 Å². The Morgan fingerprint density at radius 3 is 2.63 bits per heavy atom. The summed E-state index contributed by atoms with van der Waals surface area (Å²) in [6, 6.07) is 9.09. The normalized spacial score (nSPS) is 14.4. The van der Waals surface area contributed by atoms with Crippen LogP contribution < -0.4 is 20.2 Å². The quantitative estimate of drug-likeness (QED) is 0.550. The number of aromatic hydroxyl groups is 1. The molecule has 0 aliphatic heterocycles. The number of hydrogen-bond donors (Lipinski definition) is 3. The molecule has 0 spiro atoms. The zero-order chi connectivity index (χ0) is 19.4. The number of benzene rings is 2. The molecule has 6 nitrogen and oxygen atoms in total. The second-order valence-corrected chi connectivity index (χ2v) is 6.71. The molecule has 0 heterocycles. The molecule has 0 fully saturated rings. The van der Waals surface area contributed by atoms with E-state index in [1.165, 1.54) is 5.56 Å². The van der Waals surface area contributed by atoms with Crippen molar-refractivity contribution >= 4 is 28.7 Å². The Balaban J connectivity index is 1.74. The highest BCUT2D eigenvalue weighted by Gasteiger charge is 2.21. The molecule has 0 saturated heterocycles. The minimum Gasteiger partial charge on any atom is -0.507 e. The summed E-state index contributed by atoms with van der Waals surface area (Å²) in [6.45, 7) is 2.05. The van der Waals surface area contributed by atoms with Crippen molar-refractivity contribution in [2.45, 2.75) is 26.2 Å². The standard InChI is InChI=1S/C20H23N3O3S/c1-12-7-9-16(24)19-14(12)5-4-6-15(19)22-23-20(27)21-13-8-10-17(25-2)18(11-13)26-3/h7-11,24H,4-6H2,1-3H3,(H2,21,23,27)/b22-15+. The number of phenols is 1. The molecular weight excluding hydrogens is 362 g/mol. The maximum atomic E-state index is 10.3. The Hall–Kier alpha value is -2.80. The lowest BCUT2D eigenvalue weighted by Gasteiger charge is -2.21. The molecule has 0 unspecified atom stereocenters. The molecule has 0 amide bonds. The fraction of sp³-hybridized carbons (Fsp3) is 0.300. The minimum absolute atomic E-state index is 0.259. The summed E-state index contributed by atoms with van der Waals surface area (Å²) in [5.74, 6) is 1.51. The van der Waals surface area contributed by atoms with Gasteiger partial charge in [-0.25, -0.2) is 0 Å². The predicted molar refractivity (Wildman–Crippen MR) is 111 cm³/mol. The summed E-state index contributed by atoms with van der Waals surface area (Å²) in [4.78, 5) is 0. The highest BCUT2D eigenvalue weighted by Crippen LogP contribution is 2.32. The lowest BCUT2D eigenvalue weighted by molar-refractivity contribution is 0.355. The fourth-order valence-electron chi connectivity index (χ4n) is 3.24. The smallest absolute Gasteiger partial charge is 0.191 e. The fourth-order valence-corrected chi connectivity index (χ4v) is 3.41. The molecule has 2 aromatic rings. The van der Waals surface area contributed by atoms with Gasteiger partial charge in [-0.15, -0.1) is 0 Å². The zero-order valence-corrected chi connectivity index (χ0v) is 16.4. The Bertz CT molecular complexity index is 896. The Morgan fingerprint density at radius 2 is 1.89 bits per heavy atom. The van der Waals surface area contributed by atoms with Crippen molar-refractivity contribution in [2.75, 3.05) is 19.5 Å². The molecule has 1 aliphatic rings. The molecule has 2 aromatic carbocycles. The molecule has 3 rings (SSSR count). The molecule has 0 atom stereocenters. The number of phenolic OH excluding ortho intramolecular Hbond substituents is 1. The van der Waals surface area contributed by atoms with Crippen LogP contribution in [0.15, 0.2) is 35.4 Å². The van der Waals surface area contributed by atoms with Gasteiger partial charge in [0.1, 0.15) is 5.75 Å². The van der Waals surface area contributed by atoms with Gasteiger partial charge in [0.15, 0.2) is 16.6 Å². The van der Waals surface area contributed by atoms with Gasteiger partial charge >= 0.3 is 0 Å². The van der Waals surface area contributed by atoms with Crippen molar-refractivity contribution in [3.63, 3.8) is 0 Å². The van der Waals surface area contributed by atoms with Gasteiger partial charge in [0.25, 0.3) is 0 Å². The van der Waals surface area contributed by atoms with E-state index in [0.29, 0.717) is 16.6 Å². The highest BCUT2D eigenvalue weighted by atomic mass is 32.1. The van der Waals surface area contributed by atoms with E-state index in [4.69, 9.17) is 21.7 Å². The Labute approximate surface area is 164 Å². The van der Waals surface area contributed by atoms with E-state index < -0.39 is 0 Å². The van der Waals surface area contributed by atoms with Crippen LogP contribution in [-0.2, 0) is 6.42 Å². The number of thiocarbonyl (C=S) groups is 1. The molecule has 3 N–H and O–H groups in total. The third-order valence-corrected chi connectivity index (χ3v) is 4.78. The number of nitrogens with one attached hydrogen (secondary N) is 2. The molecule has 1 aliphatic carbocycles. The summed E-state index contributed by atoms with van der Waals surface area (Å²) in [7, 11) is 3.17. The van der Waals surface area contributed by atoms with Crippen LogP contribution in [0.1, 0.15) is 29.5 Å². The van der Waals surface area contributed by atoms with E-state index in [1.54, 1.807) is 32.4 Å². The topological polar surface area (TPSA) is 75.1 Å². The maximum absolute atomic E-state index is 10.3. The third-order valence-electron chi connectivity index (χ3n) is 4.59. The number of aryl methyl sites for hydroxylation is 1. The van der Waals surface area contributed by atoms with E-state index >= 15 is 0 Å². The van der Waals surface area contributed by atoms with Crippen LogP contribution in [0.2, 0.25) is 0 Å². The number of nitrogens with zero attached hydrogens (tertiary/aromatic N) is 1. The predicted octanol–water partition coefficient (Wildman–Crippen LogP) is 3.74. The average Bonchev–Trinajstić information content (AvgIpc) is 2.69. The molecule has 7 heteroatoms. The monoisotopic (exact) mass is 385 g/mol. The van der Waals surface area contributed by atoms with Gasteiger partial charge < -0.3 is 19.9 Å². The van der Waals surface area contributed by atoms with Gasteiger partial charge in [-0.05, 0) is 67.7 Å². The van der Waals surface area contributed by atoms with E-state index in [9.17, 15) is 5.11 Å². The van der Waals surface area contributed by atoms with E-state index in [-0.39, 0.29) is 5.75 Å². The third kappa shape index (κ3) is 4.14. The first-order valence-corrected chi connectivity index (χ1v) is 9.11. The van der Waals surface area contributed by atoms with Gasteiger partial charge in [-0.3, -0.25) is 5.43 Å². The molecule has 0 saturated carbocycles. The summed E-state index contributed by atoms with van der Waals surface area (Å²) < 4.78 is 10.5. The Morgan fingerprint density at radius 1 is 1.11 bits per heavy atom. The van der Waals surface area contributed by atoms with Crippen molar-refractivity contribution in [1.29, 1.82) is 0 Å². The van der Waals surface area contributed by atoms with Crippen LogP contribution in [0.25, 0.3) is 0 Å². The lowest BCUT2D eigenvalue weighted by atomic mass is 9.86. The molecular formula is C20H23N3O3S. The van der Waals surface area contributed by atoms with Crippen molar-refractivity contribution in [3.05, 3.63) is 47.0 Å².